The minimum absolute atomic E-state index is 0.190. The summed E-state index contributed by atoms with van der Waals surface area (Å²) in [6, 6.07) is -0.190. The Bertz CT molecular complexity index is 453. The molecule has 0 aromatic carbocycles. The van der Waals surface area contributed by atoms with E-state index < -0.39 is 0 Å². The molecule has 2 aromatic rings. The third kappa shape index (κ3) is 2.22. The van der Waals surface area contributed by atoms with Crippen molar-refractivity contribution >= 4 is 5.91 Å². The Kier molecular flexibility index (Phi) is 2.90. The summed E-state index contributed by atoms with van der Waals surface area (Å²) in [5.41, 5.74) is 0.293. The van der Waals surface area contributed by atoms with E-state index in [1.807, 2.05) is 6.92 Å². The SMILES string of the molecule is CC(NC(=O)c1cnccn1)c1ncc[nH]1. The highest BCUT2D eigenvalue weighted by Gasteiger charge is 2.13. The normalized spacial score (nSPS) is 12.1. The van der Waals surface area contributed by atoms with Crippen LogP contribution in [0.25, 0.3) is 0 Å². The fourth-order valence-corrected chi connectivity index (χ4v) is 1.27. The van der Waals surface area contributed by atoms with Crippen LogP contribution in [-0.2, 0) is 0 Å². The van der Waals surface area contributed by atoms with Crippen LogP contribution in [0.2, 0.25) is 0 Å². The molecule has 0 saturated carbocycles. The van der Waals surface area contributed by atoms with Crippen molar-refractivity contribution in [3.63, 3.8) is 0 Å². The molecule has 82 valence electrons. The summed E-state index contributed by atoms with van der Waals surface area (Å²) in [4.78, 5) is 26.4. The van der Waals surface area contributed by atoms with Gasteiger partial charge < -0.3 is 10.3 Å². The van der Waals surface area contributed by atoms with Gasteiger partial charge in [0.1, 0.15) is 11.5 Å². The van der Waals surface area contributed by atoms with Crippen LogP contribution >= 0.6 is 0 Å². The summed E-state index contributed by atoms with van der Waals surface area (Å²) in [5, 5.41) is 2.76. The fourth-order valence-electron chi connectivity index (χ4n) is 1.27. The van der Waals surface area contributed by atoms with Crippen molar-refractivity contribution in [3.8, 4) is 0 Å². The molecule has 6 heteroatoms. The number of hydrogen-bond acceptors (Lipinski definition) is 4. The van der Waals surface area contributed by atoms with E-state index in [1.165, 1.54) is 18.6 Å². The molecule has 16 heavy (non-hydrogen) atoms. The second-order valence-electron chi connectivity index (χ2n) is 3.26. The summed E-state index contributed by atoms with van der Waals surface area (Å²) < 4.78 is 0. The molecule has 2 rings (SSSR count). The van der Waals surface area contributed by atoms with Crippen LogP contribution in [0.15, 0.2) is 31.0 Å². The highest BCUT2D eigenvalue weighted by Crippen LogP contribution is 2.05. The first kappa shape index (κ1) is 10.3. The number of carbonyl (C=O) groups is 1. The van der Waals surface area contributed by atoms with Crippen molar-refractivity contribution in [1.82, 2.24) is 25.3 Å². The number of carbonyl (C=O) groups excluding carboxylic acids is 1. The zero-order valence-corrected chi connectivity index (χ0v) is 8.71. The zero-order chi connectivity index (χ0) is 11.4. The molecule has 0 radical (unpaired) electrons. The molecular weight excluding hydrogens is 206 g/mol. The van der Waals surface area contributed by atoms with Crippen molar-refractivity contribution in [2.24, 2.45) is 0 Å². The van der Waals surface area contributed by atoms with Crippen molar-refractivity contribution in [1.29, 1.82) is 0 Å². The van der Waals surface area contributed by atoms with E-state index in [0.717, 1.165) is 0 Å². The van der Waals surface area contributed by atoms with Gasteiger partial charge in [-0.25, -0.2) is 9.97 Å². The van der Waals surface area contributed by atoms with Gasteiger partial charge in [0.2, 0.25) is 0 Å². The molecule has 0 saturated heterocycles. The first-order chi connectivity index (χ1) is 7.77. The van der Waals surface area contributed by atoms with Gasteiger partial charge in [-0.05, 0) is 6.92 Å². The number of amides is 1. The molecule has 0 aliphatic carbocycles. The van der Waals surface area contributed by atoms with Crippen LogP contribution in [0.3, 0.4) is 0 Å². The van der Waals surface area contributed by atoms with Gasteiger partial charge in [-0.1, -0.05) is 0 Å². The Morgan fingerprint density at radius 2 is 2.25 bits per heavy atom. The number of nitrogens with one attached hydrogen (secondary N) is 2. The van der Waals surface area contributed by atoms with Crippen LogP contribution in [0, 0.1) is 0 Å². The van der Waals surface area contributed by atoms with E-state index in [0.29, 0.717) is 11.5 Å². The van der Waals surface area contributed by atoms with E-state index >= 15 is 0 Å². The fraction of sp³-hybridized carbons (Fsp3) is 0.200. The number of rotatable bonds is 3. The lowest BCUT2D eigenvalue weighted by molar-refractivity contribution is 0.0933. The van der Waals surface area contributed by atoms with Crippen molar-refractivity contribution < 1.29 is 4.79 Å². The predicted molar refractivity (Wildman–Crippen MR) is 56.5 cm³/mol. The van der Waals surface area contributed by atoms with Crippen LogP contribution in [0.1, 0.15) is 29.3 Å². The predicted octanol–water partition coefficient (Wildman–Crippen LogP) is 0.691. The molecule has 0 spiro atoms. The summed E-state index contributed by atoms with van der Waals surface area (Å²) >= 11 is 0. The summed E-state index contributed by atoms with van der Waals surface area (Å²) in [6.45, 7) is 1.84. The molecule has 1 unspecified atom stereocenters. The lowest BCUT2D eigenvalue weighted by Crippen LogP contribution is -2.28. The highest BCUT2D eigenvalue weighted by molar-refractivity contribution is 5.92. The number of aromatic nitrogens is 4. The quantitative estimate of drug-likeness (QED) is 0.792. The monoisotopic (exact) mass is 217 g/mol. The lowest BCUT2D eigenvalue weighted by Gasteiger charge is -2.10. The average Bonchev–Trinajstić information content (AvgIpc) is 2.83. The Labute approximate surface area is 92.2 Å². The van der Waals surface area contributed by atoms with Gasteiger partial charge in [0.05, 0.1) is 12.2 Å². The van der Waals surface area contributed by atoms with Gasteiger partial charge in [-0.15, -0.1) is 0 Å². The van der Waals surface area contributed by atoms with E-state index in [9.17, 15) is 4.79 Å². The molecule has 0 bridgehead atoms. The minimum Gasteiger partial charge on any atom is -0.347 e. The van der Waals surface area contributed by atoms with E-state index in [4.69, 9.17) is 0 Å². The Morgan fingerprint density at radius 1 is 1.38 bits per heavy atom. The smallest absolute Gasteiger partial charge is 0.272 e. The van der Waals surface area contributed by atoms with Crippen molar-refractivity contribution in [2.45, 2.75) is 13.0 Å². The van der Waals surface area contributed by atoms with Gasteiger partial charge in [0.15, 0.2) is 0 Å². The number of imidazole rings is 1. The topological polar surface area (TPSA) is 83.6 Å². The number of H-pyrrole nitrogens is 1. The molecule has 6 nitrogen and oxygen atoms in total. The number of aromatic amines is 1. The summed E-state index contributed by atoms with van der Waals surface area (Å²) in [7, 11) is 0. The molecule has 0 fully saturated rings. The van der Waals surface area contributed by atoms with Gasteiger partial charge in [0.25, 0.3) is 5.91 Å². The molecular formula is C10H11N5O. The molecule has 2 N–H and O–H groups in total. The third-order valence-corrected chi connectivity index (χ3v) is 2.07. The summed E-state index contributed by atoms with van der Waals surface area (Å²) in [6.07, 6.45) is 7.77. The maximum atomic E-state index is 11.7. The number of hydrogen-bond donors (Lipinski definition) is 2. The molecule has 2 heterocycles. The van der Waals surface area contributed by atoms with Crippen LogP contribution in [0.5, 0.6) is 0 Å². The molecule has 1 atom stereocenters. The largest absolute Gasteiger partial charge is 0.347 e. The first-order valence-corrected chi connectivity index (χ1v) is 4.83. The maximum absolute atomic E-state index is 11.7. The van der Waals surface area contributed by atoms with Crippen LogP contribution in [-0.4, -0.2) is 25.8 Å². The van der Waals surface area contributed by atoms with Gasteiger partial charge in [-0.3, -0.25) is 9.78 Å². The molecule has 2 aromatic heterocycles. The van der Waals surface area contributed by atoms with Crippen LogP contribution in [0.4, 0.5) is 0 Å². The lowest BCUT2D eigenvalue weighted by atomic mass is 10.3. The van der Waals surface area contributed by atoms with Gasteiger partial charge >= 0.3 is 0 Å². The molecule has 0 aliphatic rings. The zero-order valence-electron chi connectivity index (χ0n) is 8.71. The van der Waals surface area contributed by atoms with E-state index in [1.54, 1.807) is 12.4 Å². The van der Waals surface area contributed by atoms with Crippen LogP contribution < -0.4 is 5.32 Å². The first-order valence-electron chi connectivity index (χ1n) is 4.83. The van der Waals surface area contributed by atoms with Gasteiger partial charge in [-0.2, -0.15) is 0 Å². The average molecular weight is 217 g/mol. The van der Waals surface area contributed by atoms with E-state index in [-0.39, 0.29) is 11.9 Å². The minimum atomic E-state index is -0.267. The van der Waals surface area contributed by atoms with E-state index in [2.05, 4.69) is 25.3 Å². The van der Waals surface area contributed by atoms with Gasteiger partial charge in [0, 0.05) is 24.8 Å². The standard InChI is InChI=1S/C10H11N5O/c1-7(9-13-4-5-14-9)15-10(16)8-6-11-2-3-12-8/h2-7H,1H3,(H,13,14)(H,15,16). The Balaban J connectivity index is 2.03. The second kappa shape index (κ2) is 4.52. The molecule has 1 amide bonds. The summed E-state index contributed by atoms with van der Waals surface area (Å²) in [5.74, 6) is 0.439. The Hall–Kier alpha value is -2.24. The van der Waals surface area contributed by atoms with Crippen molar-refractivity contribution in [3.05, 3.63) is 42.5 Å². The number of nitrogens with zero attached hydrogens (tertiary/aromatic N) is 3. The van der Waals surface area contributed by atoms with Crippen molar-refractivity contribution in [2.75, 3.05) is 0 Å². The third-order valence-electron chi connectivity index (χ3n) is 2.07. The highest BCUT2D eigenvalue weighted by atomic mass is 16.1. The second-order valence-corrected chi connectivity index (χ2v) is 3.26. The Morgan fingerprint density at radius 3 is 2.88 bits per heavy atom. The maximum Gasteiger partial charge on any atom is 0.272 e. The molecule has 0 aliphatic heterocycles.